The van der Waals surface area contributed by atoms with Gasteiger partial charge in [-0.2, -0.15) is 0 Å². The molecule has 0 aliphatic carbocycles. The third kappa shape index (κ3) is 4.99. The lowest BCUT2D eigenvalue weighted by molar-refractivity contribution is 1.51. The molecule has 0 nitrogen and oxygen atoms in total. The van der Waals surface area contributed by atoms with Gasteiger partial charge in [-0.15, -0.1) is 0 Å². The summed E-state index contributed by atoms with van der Waals surface area (Å²) in [5, 5.41) is 5.91. The van der Waals surface area contributed by atoms with E-state index in [1.807, 2.05) is 12.1 Å². The lowest BCUT2D eigenvalue weighted by Crippen LogP contribution is -1.83. The molecule has 0 radical (unpaired) electrons. The fourth-order valence-electron chi connectivity index (χ4n) is 0.887. The van der Waals surface area contributed by atoms with Gasteiger partial charge in [-0.1, -0.05) is 11.8 Å². The summed E-state index contributed by atoms with van der Waals surface area (Å²) in [5.74, 6) is 6.12. The van der Waals surface area contributed by atoms with E-state index in [0.29, 0.717) is 0 Å². The molecule has 1 rings (SSSR count). The molecule has 0 aliphatic heterocycles. The van der Waals surface area contributed by atoms with E-state index >= 15 is 0 Å². The Labute approximate surface area is 144 Å². The Morgan fingerprint density at radius 1 is 0.875 bits per heavy atom. The molecule has 0 heterocycles. The van der Waals surface area contributed by atoms with Crippen LogP contribution < -0.4 is 0 Å². The fraction of sp³-hybridized carbons (Fsp3) is 0. The summed E-state index contributed by atoms with van der Waals surface area (Å²) in [7, 11) is 2.94. The van der Waals surface area contributed by atoms with Crippen LogP contribution in [0.25, 0.3) is 0 Å². The second-order valence-corrected chi connectivity index (χ2v) is 7.49. The summed E-state index contributed by atoms with van der Waals surface area (Å²) >= 11 is 11.3. The van der Waals surface area contributed by atoms with Crippen molar-refractivity contribution >= 4 is 92.1 Å². The van der Waals surface area contributed by atoms with Crippen LogP contribution in [0.2, 0.25) is 0 Å². The van der Waals surface area contributed by atoms with Gasteiger partial charge in [0.2, 0.25) is 0 Å². The van der Waals surface area contributed by atoms with Crippen molar-refractivity contribution in [2.24, 2.45) is 0 Å². The van der Waals surface area contributed by atoms with Crippen molar-refractivity contribution < 1.29 is 0 Å². The maximum atomic E-state index is 3.49. The molecule has 0 aromatic heterocycles. The first-order valence-electron chi connectivity index (χ1n) is 3.75. The molecule has 0 saturated heterocycles. The molecule has 6 heteroatoms. The topological polar surface area (TPSA) is 0 Å². The number of halogens is 4. The molecule has 0 saturated carbocycles. The van der Waals surface area contributed by atoms with E-state index in [9.17, 15) is 0 Å². The van der Waals surface area contributed by atoms with Crippen LogP contribution in [-0.4, -0.2) is 0 Å². The Kier molecular flexibility index (Phi) is 8.28. The largest absolute Gasteiger partial charge is 0.0530 e. The Balaban J connectivity index is 3.16. The van der Waals surface area contributed by atoms with Gasteiger partial charge in [0.15, 0.2) is 0 Å². The van der Waals surface area contributed by atoms with E-state index in [0.717, 1.165) is 20.1 Å². The zero-order chi connectivity index (χ0) is 12.0. The van der Waals surface area contributed by atoms with E-state index < -0.39 is 0 Å². The highest BCUT2D eigenvalue weighted by Crippen LogP contribution is 2.25. The quantitative estimate of drug-likeness (QED) is 0.265. The average Bonchev–Trinajstić information content (AvgIpc) is 2.28. The zero-order valence-corrected chi connectivity index (χ0v) is 16.6. The molecular formula is C10H2Br2I2S2. The highest BCUT2D eigenvalue weighted by atomic mass is 127. The van der Waals surface area contributed by atoms with Crippen molar-refractivity contribution in [2.75, 3.05) is 0 Å². The third-order valence-electron chi connectivity index (χ3n) is 1.51. The van der Waals surface area contributed by atoms with Crippen molar-refractivity contribution in [1.29, 1.82) is 0 Å². The Hall–Kier alpha value is 1.46. The summed E-state index contributed by atoms with van der Waals surface area (Å²) in [6.07, 6.45) is 0. The van der Waals surface area contributed by atoms with Crippen molar-refractivity contribution in [1.82, 2.24) is 0 Å². The zero-order valence-electron chi connectivity index (χ0n) is 7.48. The monoisotopic (exact) mass is 598 g/mol. The van der Waals surface area contributed by atoms with Gasteiger partial charge in [-0.25, -0.2) is 0 Å². The number of rotatable bonds is 0. The minimum Gasteiger partial charge on any atom is -0.0530 e. The van der Waals surface area contributed by atoms with Gasteiger partial charge in [0, 0.05) is 62.5 Å². The van der Waals surface area contributed by atoms with Crippen LogP contribution in [-0.2, 0) is 0 Å². The highest BCUT2D eigenvalue weighted by molar-refractivity contribution is 14.2. The summed E-state index contributed by atoms with van der Waals surface area (Å²) in [6, 6.07) is 3.96. The first-order chi connectivity index (χ1) is 7.69. The van der Waals surface area contributed by atoms with Gasteiger partial charge in [0.05, 0.1) is 0 Å². The average molecular weight is 600 g/mol. The SMILES string of the molecule is Brc1cc(C#CSI)c(Br)cc1C#CSI. The van der Waals surface area contributed by atoms with Crippen LogP contribution in [0.3, 0.4) is 0 Å². The van der Waals surface area contributed by atoms with E-state index in [-0.39, 0.29) is 0 Å². The maximum absolute atomic E-state index is 3.49. The standard InChI is InChI=1S/C10H2Br2I2S2/c11-9-6-8(2-4-16-14)10(12)5-7(9)1-3-15-13/h5-6H. The molecule has 0 atom stereocenters. The Bertz CT molecular complexity index is 462. The lowest BCUT2D eigenvalue weighted by atomic mass is 10.1. The van der Waals surface area contributed by atoms with Crippen molar-refractivity contribution in [3.05, 3.63) is 32.2 Å². The molecule has 16 heavy (non-hydrogen) atoms. The molecule has 0 N–H and O–H groups in total. The van der Waals surface area contributed by atoms with Gasteiger partial charge in [0.1, 0.15) is 0 Å². The second kappa shape index (κ2) is 8.54. The Morgan fingerprint density at radius 2 is 1.25 bits per heavy atom. The molecule has 1 aromatic rings. The fourth-order valence-corrected chi connectivity index (χ4v) is 2.73. The summed E-state index contributed by atoms with van der Waals surface area (Å²) < 4.78 is 1.94. The normalized spacial score (nSPS) is 8.75. The number of hydrogen-bond acceptors (Lipinski definition) is 2. The molecule has 0 spiro atoms. The van der Waals surface area contributed by atoms with Crippen molar-refractivity contribution in [2.45, 2.75) is 0 Å². The van der Waals surface area contributed by atoms with Crippen LogP contribution in [0, 0.1) is 22.3 Å². The molecular weight excluding hydrogens is 598 g/mol. The van der Waals surface area contributed by atoms with Crippen LogP contribution in [0.15, 0.2) is 21.1 Å². The molecule has 82 valence electrons. The van der Waals surface area contributed by atoms with Gasteiger partial charge in [-0.05, 0) is 72.4 Å². The summed E-state index contributed by atoms with van der Waals surface area (Å²) in [4.78, 5) is 0. The van der Waals surface area contributed by atoms with Crippen molar-refractivity contribution in [3.8, 4) is 22.3 Å². The van der Waals surface area contributed by atoms with E-state index in [1.54, 1.807) is 0 Å². The van der Waals surface area contributed by atoms with Gasteiger partial charge >= 0.3 is 0 Å². The predicted octanol–water partition coefficient (Wildman–Crippen LogP) is 6.00. The lowest BCUT2D eigenvalue weighted by Gasteiger charge is -2.00. The molecule has 0 unspecified atom stereocenters. The van der Waals surface area contributed by atoms with Crippen LogP contribution in [0.1, 0.15) is 11.1 Å². The maximum Gasteiger partial charge on any atom is 0.0408 e. The number of hydrogen-bond donors (Lipinski definition) is 0. The minimum atomic E-state index is 0.962. The van der Waals surface area contributed by atoms with Crippen molar-refractivity contribution in [3.63, 3.8) is 0 Å². The first kappa shape index (κ1) is 15.5. The first-order valence-corrected chi connectivity index (χ1v) is 12.1. The Morgan fingerprint density at radius 3 is 1.56 bits per heavy atom. The third-order valence-corrected chi connectivity index (χ3v) is 4.50. The smallest absolute Gasteiger partial charge is 0.0408 e. The minimum absolute atomic E-state index is 0.962. The molecule has 1 aromatic carbocycles. The molecule has 0 aliphatic rings. The summed E-state index contributed by atoms with van der Waals surface area (Å²) in [6.45, 7) is 0. The van der Waals surface area contributed by atoms with E-state index in [4.69, 9.17) is 0 Å². The molecule has 0 amide bonds. The highest BCUT2D eigenvalue weighted by Gasteiger charge is 2.03. The van der Waals surface area contributed by atoms with E-state index in [1.165, 1.54) is 17.9 Å². The van der Waals surface area contributed by atoms with Gasteiger partial charge in [0.25, 0.3) is 0 Å². The van der Waals surface area contributed by atoms with Gasteiger partial charge in [-0.3, -0.25) is 0 Å². The predicted molar refractivity (Wildman–Crippen MR) is 98.8 cm³/mol. The van der Waals surface area contributed by atoms with Crippen LogP contribution >= 0.6 is 92.1 Å². The molecule has 0 bridgehead atoms. The number of benzene rings is 1. The second-order valence-electron chi connectivity index (χ2n) is 2.42. The molecule has 0 fully saturated rings. The van der Waals surface area contributed by atoms with Gasteiger partial charge < -0.3 is 0 Å². The van der Waals surface area contributed by atoms with Crippen LogP contribution in [0.5, 0.6) is 0 Å². The van der Waals surface area contributed by atoms with Crippen LogP contribution in [0.4, 0.5) is 0 Å². The van der Waals surface area contributed by atoms with E-state index in [2.05, 4.69) is 96.6 Å². The summed E-state index contributed by atoms with van der Waals surface area (Å²) in [5.41, 5.74) is 1.92.